The van der Waals surface area contributed by atoms with Crippen molar-refractivity contribution in [2.75, 3.05) is 0 Å². The van der Waals surface area contributed by atoms with Crippen LogP contribution in [0.2, 0.25) is 0 Å². The minimum absolute atomic E-state index is 0.0919. The van der Waals surface area contributed by atoms with Gasteiger partial charge in [-0.1, -0.05) is 13.8 Å². The van der Waals surface area contributed by atoms with E-state index in [-0.39, 0.29) is 18.2 Å². The van der Waals surface area contributed by atoms with E-state index in [0.29, 0.717) is 17.3 Å². The van der Waals surface area contributed by atoms with Crippen LogP contribution in [0.1, 0.15) is 31.4 Å². The average molecular weight is 263 g/mol. The van der Waals surface area contributed by atoms with Crippen LogP contribution in [0.3, 0.4) is 0 Å². The molecule has 1 aromatic heterocycles. The molecule has 0 spiro atoms. The molecule has 1 aromatic carbocycles. The van der Waals surface area contributed by atoms with Gasteiger partial charge in [0.15, 0.2) is 5.82 Å². The van der Waals surface area contributed by atoms with Gasteiger partial charge in [-0.3, -0.25) is 4.79 Å². The van der Waals surface area contributed by atoms with Crippen LogP contribution in [0.25, 0.3) is 5.69 Å². The molecule has 2 rings (SSSR count). The number of aliphatic carboxylic acids is 1. The lowest BCUT2D eigenvalue weighted by Gasteiger charge is -2.03. The second-order valence-electron chi connectivity index (χ2n) is 4.50. The van der Waals surface area contributed by atoms with Crippen molar-refractivity contribution in [1.29, 1.82) is 0 Å². The van der Waals surface area contributed by atoms with E-state index in [9.17, 15) is 9.18 Å². The molecule has 19 heavy (non-hydrogen) atoms. The van der Waals surface area contributed by atoms with Crippen molar-refractivity contribution in [3.05, 3.63) is 41.7 Å². The van der Waals surface area contributed by atoms with Crippen molar-refractivity contribution < 1.29 is 14.3 Å². The summed E-state index contributed by atoms with van der Waals surface area (Å²) in [6.45, 7) is 3.85. The predicted molar refractivity (Wildman–Crippen MR) is 66.7 cm³/mol. The highest BCUT2D eigenvalue weighted by Gasteiger charge is 2.16. The van der Waals surface area contributed by atoms with Crippen LogP contribution < -0.4 is 0 Å². The van der Waals surface area contributed by atoms with Gasteiger partial charge in [0.25, 0.3) is 0 Å². The topological polar surface area (TPSA) is 68.0 Å². The Bertz CT molecular complexity index is 590. The van der Waals surface area contributed by atoms with E-state index in [4.69, 9.17) is 5.11 Å². The first-order valence-electron chi connectivity index (χ1n) is 5.91. The number of rotatable bonds is 4. The number of nitrogens with zero attached hydrogens (tertiary/aromatic N) is 3. The Hall–Kier alpha value is -2.24. The van der Waals surface area contributed by atoms with Crippen LogP contribution in [0.15, 0.2) is 24.3 Å². The molecule has 0 amide bonds. The Balaban J connectivity index is 2.47. The lowest BCUT2D eigenvalue weighted by Crippen LogP contribution is -2.09. The molecule has 1 N–H and O–H groups in total. The summed E-state index contributed by atoms with van der Waals surface area (Å²) in [5.41, 5.74) is 0.594. The van der Waals surface area contributed by atoms with E-state index in [1.165, 1.54) is 16.8 Å². The molecule has 100 valence electrons. The maximum atomic E-state index is 12.9. The zero-order valence-corrected chi connectivity index (χ0v) is 10.7. The highest BCUT2D eigenvalue weighted by atomic mass is 19.1. The Labute approximate surface area is 109 Å². The summed E-state index contributed by atoms with van der Waals surface area (Å²) in [7, 11) is 0. The van der Waals surface area contributed by atoms with Crippen LogP contribution in [0, 0.1) is 5.82 Å². The van der Waals surface area contributed by atoms with Gasteiger partial charge in [0.2, 0.25) is 0 Å². The molecular formula is C13H14FN3O2. The first kappa shape index (κ1) is 13.2. The number of benzene rings is 1. The van der Waals surface area contributed by atoms with Crippen LogP contribution in [0.4, 0.5) is 4.39 Å². The lowest BCUT2D eigenvalue weighted by molar-refractivity contribution is -0.136. The normalized spacial score (nSPS) is 10.9. The molecule has 0 unspecified atom stereocenters. The quantitative estimate of drug-likeness (QED) is 0.917. The van der Waals surface area contributed by atoms with E-state index in [0.717, 1.165) is 0 Å². The van der Waals surface area contributed by atoms with E-state index in [1.807, 2.05) is 13.8 Å². The Kier molecular flexibility index (Phi) is 3.59. The van der Waals surface area contributed by atoms with Gasteiger partial charge in [-0.15, -0.1) is 0 Å². The van der Waals surface area contributed by atoms with Crippen LogP contribution in [-0.4, -0.2) is 25.8 Å². The van der Waals surface area contributed by atoms with E-state index in [1.54, 1.807) is 12.1 Å². The number of carbonyl (C=O) groups is 1. The summed E-state index contributed by atoms with van der Waals surface area (Å²) in [6.07, 6.45) is -0.225. The average Bonchev–Trinajstić information content (AvgIpc) is 2.73. The molecule has 5 nitrogen and oxygen atoms in total. The summed E-state index contributed by atoms with van der Waals surface area (Å²) >= 11 is 0. The second kappa shape index (κ2) is 5.17. The Morgan fingerprint density at radius 3 is 2.53 bits per heavy atom. The minimum Gasteiger partial charge on any atom is -0.481 e. The standard InChI is InChI=1S/C13H14FN3O2/c1-8(2)13-15-11(7-12(18)19)17(16-13)10-5-3-9(14)4-6-10/h3-6,8H,7H2,1-2H3,(H,18,19). The number of carboxylic acid groups (broad SMARTS) is 1. The van der Waals surface area contributed by atoms with Crippen molar-refractivity contribution in [2.24, 2.45) is 0 Å². The number of hydrogen-bond donors (Lipinski definition) is 1. The number of halogens is 1. The highest BCUT2D eigenvalue weighted by molar-refractivity contribution is 5.69. The molecule has 0 bridgehead atoms. The molecular weight excluding hydrogens is 249 g/mol. The Morgan fingerprint density at radius 1 is 1.37 bits per heavy atom. The molecule has 0 aliphatic heterocycles. The predicted octanol–water partition coefficient (Wildman–Crippen LogP) is 2.16. The van der Waals surface area contributed by atoms with Crippen molar-refractivity contribution in [1.82, 2.24) is 14.8 Å². The zero-order valence-electron chi connectivity index (χ0n) is 10.7. The smallest absolute Gasteiger partial charge is 0.311 e. The zero-order chi connectivity index (χ0) is 14.0. The molecule has 0 atom stereocenters. The number of aromatic nitrogens is 3. The summed E-state index contributed by atoms with van der Waals surface area (Å²) in [5, 5.41) is 13.2. The molecule has 6 heteroatoms. The van der Waals surface area contributed by atoms with Crippen molar-refractivity contribution in [3.8, 4) is 5.69 Å². The van der Waals surface area contributed by atoms with Gasteiger partial charge in [0.05, 0.1) is 5.69 Å². The molecule has 0 saturated carbocycles. The molecule has 0 saturated heterocycles. The highest BCUT2D eigenvalue weighted by Crippen LogP contribution is 2.16. The fourth-order valence-electron chi connectivity index (χ4n) is 1.65. The van der Waals surface area contributed by atoms with Crippen LogP contribution >= 0.6 is 0 Å². The lowest BCUT2D eigenvalue weighted by atomic mass is 10.2. The SMILES string of the molecule is CC(C)c1nc(CC(=O)O)n(-c2ccc(F)cc2)n1. The van der Waals surface area contributed by atoms with Gasteiger partial charge in [-0.2, -0.15) is 5.10 Å². The first-order chi connectivity index (χ1) is 8.97. The van der Waals surface area contributed by atoms with Crippen molar-refractivity contribution >= 4 is 5.97 Å². The fraction of sp³-hybridized carbons (Fsp3) is 0.308. The van der Waals surface area contributed by atoms with E-state index >= 15 is 0 Å². The monoisotopic (exact) mass is 263 g/mol. The van der Waals surface area contributed by atoms with Gasteiger partial charge in [0, 0.05) is 5.92 Å². The van der Waals surface area contributed by atoms with Crippen molar-refractivity contribution in [2.45, 2.75) is 26.2 Å². The maximum Gasteiger partial charge on any atom is 0.311 e. The van der Waals surface area contributed by atoms with E-state index < -0.39 is 5.97 Å². The maximum absolute atomic E-state index is 12.9. The summed E-state index contributed by atoms with van der Waals surface area (Å²) in [5.74, 6) is -0.337. The van der Waals surface area contributed by atoms with E-state index in [2.05, 4.69) is 10.1 Å². The van der Waals surface area contributed by atoms with Gasteiger partial charge < -0.3 is 5.11 Å². The summed E-state index contributed by atoms with van der Waals surface area (Å²) in [4.78, 5) is 15.1. The summed E-state index contributed by atoms with van der Waals surface area (Å²) < 4.78 is 14.4. The first-order valence-corrected chi connectivity index (χ1v) is 5.91. The third-order valence-electron chi connectivity index (χ3n) is 2.59. The molecule has 0 radical (unpaired) electrons. The molecule has 0 aliphatic rings. The molecule has 0 fully saturated rings. The molecule has 2 aromatic rings. The van der Waals surface area contributed by atoms with Crippen LogP contribution in [0.5, 0.6) is 0 Å². The minimum atomic E-state index is -0.980. The number of carboxylic acids is 1. The summed E-state index contributed by atoms with van der Waals surface area (Å²) in [6, 6.07) is 5.69. The second-order valence-corrected chi connectivity index (χ2v) is 4.50. The largest absolute Gasteiger partial charge is 0.481 e. The third-order valence-corrected chi connectivity index (χ3v) is 2.59. The van der Waals surface area contributed by atoms with Crippen molar-refractivity contribution in [3.63, 3.8) is 0 Å². The molecule has 1 heterocycles. The molecule has 0 aliphatic carbocycles. The third kappa shape index (κ3) is 2.96. The van der Waals surface area contributed by atoms with Gasteiger partial charge in [-0.05, 0) is 24.3 Å². The number of hydrogen-bond acceptors (Lipinski definition) is 3. The fourth-order valence-corrected chi connectivity index (χ4v) is 1.65. The van der Waals surface area contributed by atoms with Gasteiger partial charge in [-0.25, -0.2) is 14.1 Å². The van der Waals surface area contributed by atoms with Gasteiger partial charge in [0.1, 0.15) is 18.1 Å². The van der Waals surface area contributed by atoms with Gasteiger partial charge >= 0.3 is 5.97 Å². The Morgan fingerprint density at radius 2 is 2.00 bits per heavy atom. The van der Waals surface area contributed by atoms with Crippen LogP contribution in [-0.2, 0) is 11.2 Å².